The lowest BCUT2D eigenvalue weighted by molar-refractivity contribution is 0.305. The second-order valence-corrected chi connectivity index (χ2v) is 7.56. The second kappa shape index (κ2) is 11.2. The monoisotopic (exact) mass is 400 g/mol. The van der Waals surface area contributed by atoms with Gasteiger partial charge >= 0.3 is 0 Å². The molecular weight excluding hydrogens is 371 g/mol. The van der Waals surface area contributed by atoms with E-state index in [0.29, 0.717) is 12.8 Å². The van der Waals surface area contributed by atoms with E-state index in [-0.39, 0.29) is 0 Å². The molecule has 0 aromatic heterocycles. The summed E-state index contributed by atoms with van der Waals surface area (Å²) in [7, 11) is 0. The van der Waals surface area contributed by atoms with Crippen LogP contribution in [0, 0.1) is 6.92 Å². The van der Waals surface area contributed by atoms with Crippen molar-refractivity contribution in [1.82, 2.24) is 0 Å². The fraction of sp³-hybridized carbons (Fsp3) is 0.259. The predicted molar refractivity (Wildman–Crippen MR) is 125 cm³/mol. The molecule has 0 saturated carbocycles. The van der Waals surface area contributed by atoms with Crippen LogP contribution < -0.4 is 0 Å². The first-order valence-electron chi connectivity index (χ1n) is 10.6. The van der Waals surface area contributed by atoms with E-state index < -0.39 is 6.17 Å². The van der Waals surface area contributed by atoms with Crippen molar-refractivity contribution in [3.63, 3.8) is 0 Å². The van der Waals surface area contributed by atoms with Crippen LogP contribution in [0.15, 0.2) is 89.1 Å². The Kier molecular flexibility index (Phi) is 8.08. The lowest BCUT2D eigenvalue weighted by atomic mass is 9.99. The summed E-state index contributed by atoms with van der Waals surface area (Å²) in [6.45, 7) is 4.15. The van der Waals surface area contributed by atoms with Crippen LogP contribution in [-0.2, 0) is 6.42 Å². The van der Waals surface area contributed by atoms with Gasteiger partial charge in [0.15, 0.2) is 0 Å². The van der Waals surface area contributed by atoms with Crippen molar-refractivity contribution >= 4 is 11.9 Å². The molecule has 0 heterocycles. The molecule has 3 aromatic carbocycles. The Morgan fingerprint density at radius 3 is 2.27 bits per heavy atom. The zero-order valence-corrected chi connectivity index (χ0v) is 17.8. The summed E-state index contributed by atoms with van der Waals surface area (Å²) >= 11 is 0. The van der Waals surface area contributed by atoms with Gasteiger partial charge in [-0.3, -0.25) is 0 Å². The van der Waals surface area contributed by atoms with Gasteiger partial charge < -0.3 is 0 Å². The molecule has 1 atom stereocenters. The van der Waals surface area contributed by atoms with Gasteiger partial charge in [-0.1, -0.05) is 98.6 Å². The molecule has 0 radical (unpaired) electrons. The molecule has 0 aliphatic heterocycles. The number of hydrogen-bond donors (Lipinski definition) is 0. The number of aryl methyl sites for hydroxylation is 1. The summed E-state index contributed by atoms with van der Waals surface area (Å²) in [6, 6.07) is 26.1. The fourth-order valence-electron chi connectivity index (χ4n) is 3.34. The van der Waals surface area contributed by atoms with Gasteiger partial charge in [0.25, 0.3) is 0 Å². The first-order valence-corrected chi connectivity index (χ1v) is 10.6. The summed E-state index contributed by atoms with van der Waals surface area (Å²) in [4.78, 5) is 0. The molecule has 154 valence electrons. The van der Waals surface area contributed by atoms with Gasteiger partial charge in [0, 0.05) is 17.5 Å². The van der Waals surface area contributed by atoms with E-state index in [2.05, 4.69) is 30.1 Å². The van der Waals surface area contributed by atoms with Crippen molar-refractivity contribution in [2.45, 2.75) is 45.7 Å². The summed E-state index contributed by atoms with van der Waals surface area (Å²) < 4.78 is 14.1. The van der Waals surface area contributed by atoms with Crippen LogP contribution in [0.4, 0.5) is 4.39 Å². The van der Waals surface area contributed by atoms with Crippen molar-refractivity contribution in [3.05, 3.63) is 107 Å². The van der Waals surface area contributed by atoms with Crippen LogP contribution in [0.3, 0.4) is 0 Å². The van der Waals surface area contributed by atoms with Gasteiger partial charge in [-0.05, 0) is 30.0 Å². The molecular formula is C27H29FN2. The maximum Gasteiger partial charge on any atom is 0.104 e. The summed E-state index contributed by atoms with van der Waals surface area (Å²) in [6.07, 6.45) is 4.05. The number of nitrogens with zero attached hydrogens (tertiary/aromatic N) is 2. The Morgan fingerprint density at radius 1 is 0.900 bits per heavy atom. The van der Waals surface area contributed by atoms with Gasteiger partial charge in [0.05, 0.1) is 6.21 Å². The maximum atomic E-state index is 14.1. The maximum absolute atomic E-state index is 14.1. The van der Waals surface area contributed by atoms with Crippen LogP contribution in [0.2, 0.25) is 0 Å². The number of halogens is 1. The molecule has 3 heteroatoms. The number of alkyl halides is 1. The van der Waals surface area contributed by atoms with Crippen molar-refractivity contribution in [2.75, 3.05) is 0 Å². The zero-order valence-electron chi connectivity index (χ0n) is 17.8. The molecule has 3 aromatic rings. The Bertz CT molecular complexity index is 975. The molecule has 30 heavy (non-hydrogen) atoms. The quantitative estimate of drug-likeness (QED) is 0.275. The first kappa shape index (κ1) is 21.6. The van der Waals surface area contributed by atoms with Gasteiger partial charge in [-0.15, -0.1) is 5.10 Å². The Hall–Kier alpha value is -3.07. The molecule has 0 aliphatic rings. The topological polar surface area (TPSA) is 24.7 Å². The number of unbranched alkanes of at least 4 members (excludes halogenated alkanes) is 1. The normalized spacial score (nSPS) is 13.0. The molecule has 0 fully saturated rings. The zero-order chi connectivity index (χ0) is 21.2. The van der Waals surface area contributed by atoms with Crippen molar-refractivity contribution in [1.29, 1.82) is 0 Å². The van der Waals surface area contributed by atoms with Crippen LogP contribution in [-0.4, -0.2) is 18.1 Å². The number of hydrogen-bond acceptors (Lipinski definition) is 2. The van der Waals surface area contributed by atoms with Crippen molar-refractivity contribution in [3.8, 4) is 0 Å². The van der Waals surface area contributed by atoms with E-state index >= 15 is 0 Å². The van der Waals surface area contributed by atoms with Crippen LogP contribution >= 0.6 is 0 Å². The summed E-state index contributed by atoms with van der Waals surface area (Å²) in [5, 5.41) is 8.91. The van der Waals surface area contributed by atoms with E-state index in [1.807, 2.05) is 72.8 Å². The highest BCUT2D eigenvalue weighted by molar-refractivity contribution is 6.13. The number of rotatable bonds is 9. The molecule has 0 bridgehead atoms. The fourth-order valence-corrected chi connectivity index (χ4v) is 3.34. The van der Waals surface area contributed by atoms with E-state index in [0.717, 1.165) is 46.4 Å². The average Bonchev–Trinajstić information content (AvgIpc) is 2.78. The number of benzene rings is 3. The molecule has 0 N–H and O–H groups in total. The smallest absolute Gasteiger partial charge is 0.104 e. The molecule has 3 rings (SSSR count). The third-order valence-electron chi connectivity index (χ3n) is 5.15. The molecule has 0 spiro atoms. The Labute approximate surface area is 179 Å². The highest BCUT2D eigenvalue weighted by atomic mass is 19.1. The van der Waals surface area contributed by atoms with E-state index in [4.69, 9.17) is 0 Å². The Balaban J connectivity index is 1.83. The summed E-state index contributed by atoms with van der Waals surface area (Å²) in [5.74, 6) is 0. The predicted octanol–water partition coefficient (Wildman–Crippen LogP) is 6.94. The third kappa shape index (κ3) is 6.21. The van der Waals surface area contributed by atoms with Gasteiger partial charge in [0.2, 0.25) is 0 Å². The minimum atomic E-state index is -0.781. The molecule has 1 unspecified atom stereocenters. The third-order valence-corrected chi connectivity index (χ3v) is 5.15. The average molecular weight is 401 g/mol. The van der Waals surface area contributed by atoms with Gasteiger partial charge in [-0.25, -0.2) is 4.39 Å². The minimum absolute atomic E-state index is 0.462. The largest absolute Gasteiger partial charge is 0.247 e. The van der Waals surface area contributed by atoms with Crippen molar-refractivity contribution in [2.24, 2.45) is 10.2 Å². The highest BCUT2D eigenvalue weighted by Gasteiger charge is 2.10. The SMILES string of the molecule is CCCCC(F)Cc1ccc(C(=NN=Cc2ccccc2C)c2ccccc2)cc1. The second-order valence-electron chi connectivity index (χ2n) is 7.56. The van der Waals surface area contributed by atoms with Crippen LogP contribution in [0.25, 0.3) is 0 Å². The van der Waals surface area contributed by atoms with Crippen molar-refractivity contribution < 1.29 is 4.39 Å². The van der Waals surface area contributed by atoms with E-state index in [1.54, 1.807) is 6.21 Å². The standard InChI is InChI=1S/C27H29FN2/c1-3-4-14-26(28)19-22-15-17-24(18-16-22)27(23-11-6-5-7-12-23)30-29-20-25-13-9-8-10-21(25)2/h5-13,15-18,20,26H,3-4,14,19H2,1-2H3. The Morgan fingerprint density at radius 2 is 1.57 bits per heavy atom. The lowest BCUT2D eigenvalue weighted by Gasteiger charge is -2.10. The lowest BCUT2D eigenvalue weighted by Crippen LogP contribution is -2.06. The van der Waals surface area contributed by atoms with E-state index in [9.17, 15) is 4.39 Å². The van der Waals surface area contributed by atoms with Crippen LogP contribution in [0.5, 0.6) is 0 Å². The molecule has 2 nitrogen and oxygen atoms in total. The summed E-state index contributed by atoms with van der Waals surface area (Å²) in [5.41, 5.74) is 5.98. The highest BCUT2D eigenvalue weighted by Crippen LogP contribution is 2.16. The molecule has 0 saturated heterocycles. The first-order chi connectivity index (χ1) is 14.7. The van der Waals surface area contributed by atoms with Gasteiger partial charge in [0.1, 0.15) is 11.9 Å². The minimum Gasteiger partial charge on any atom is -0.247 e. The molecule has 0 aliphatic carbocycles. The van der Waals surface area contributed by atoms with Crippen LogP contribution in [0.1, 0.15) is 54.0 Å². The van der Waals surface area contributed by atoms with E-state index in [1.165, 1.54) is 0 Å². The molecule has 0 amide bonds. The van der Waals surface area contributed by atoms with Gasteiger partial charge in [-0.2, -0.15) is 5.10 Å².